The van der Waals surface area contributed by atoms with Gasteiger partial charge in [0, 0.05) is 24.1 Å². The van der Waals surface area contributed by atoms with E-state index in [0.29, 0.717) is 18.4 Å². The Hall–Kier alpha value is -3.13. The summed E-state index contributed by atoms with van der Waals surface area (Å²) in [6.45, 7) is 0. The Balaban J connectivity index is 1.93. The standard InChI is InChI=1S/C22H17ClF3NO4/c23-16-4-1-3-15(22(24,25)26)19(16)20(29)27-17-5-2-6-18(28)14(17)11-12-7-9-13(10-8-12)21(30)31/h1,3-4,7-10H,2,5-6,11H2,(H,27,29)(H,30,31). The van der Waals surface area contributed by atoms with Gasteiger partial charge in [-0.25, -0.2) is 4.79 Å². The fraction of sp³-hybridized carbons (Fsp3) is 0.227. The Bertz CT molecular complexity index is 1080. The van der Waals surface area contributed by atoms with Crippen molar-refractivity contribution >= 4 is 29.3 Å². The largest absolute Gasteiger partial charge is 0.478 e. The number of hydrogen-bond donors (Lipinski definition) is 2. The van der Waals surface area contributed by atoms with Gasteiger partial charge in [-0.15, -0.1) is 0 Å². The Morgan fingerprint density at radius 1 is 1.06 bits per heavy atom. The fourth-order valence-electron chi connectivity index (χ4n) is 3.40. The second-order valence-corrected chi connectivity index (χ2v) is 7.43. The maximum absolute atomic E-state index is 13.3. The number of carboxylic acid groups (broad SMARTS) is 1. The summed E-state index contributed by atoms with van der Waals surface area (Å²) in [5.74, 6) is -2.35. The van der Waals surface area contributed by atoms with E-state index in [0.717, 1.165) is 12.1 Å². The van der Waals surface area contributed by atoms with Crippen LogP contribution in [0.5, 0.6) is 0 Å². The zero-order chi connectivity index (χ0) is 22.8. The van der Waals surface area contributed by atoms with E-state index in [2.05, 4.69) is 5.32 Å². The minimum Gasteiger partial charge on any atom is -0.478 e. The maximum atomic E-state index is 13.3. The molecule has 2 aromatic rings. The Morgan fingerprint density at radius 2 is 1.74 bits per heavy atom. The third-order valence-electron chi connectivity index (χ3n) is 4.92. The van der Waals surface area contributed by atoms with E-state index in [9.17, 15) is 27.6 Å². The average molecular weight is 452 g/mol. The monoisotopic (exact) mass is 451 g/mol. The SMILES string of the molecule is O=C1CCCC(NC(=O)c2c(Cl)cccc2C(F)(F)F)=C1Cc1ccc(C(=O)O)cc1. The van der Waals surface area contributed by atoms with Crippen LogP contribution in [0.15, 0.2) is 53.7 Å². The van der Waals surface area contributed by atoms with Crippen LogP contribution in [0.25, 0.3) is 0 Å². The third-order valence-corrected chi connectivity index (χ3v) is 5.24. The summed E-state index contributed by atoms with van der Waals surface area (Å²) in [5.41, 5.74) is -0.617. The number of amides is 1. The molecular formula is C22H17ClF3NO4. The first kappa shape index (κ1) is 22.6. The van der Waals surface area contributed by atoms with Crippen molar-refractivity contribution in [3.05, 3.63) is 81.0 Å². The van der Waals surface area contributed by atoms with Crippen molar-refractivity contribution in [2.75, 3.05) is 0 Å². The number of hydrogen-bond acceptors (Lipinski definition) is 3. The first-order chi connectivity index (χ1) is 14.6. The molecule has 0 radical (unpaired) electrons. The van der Waals surface area contributed by atoms with Gasteiger partial charge in [-0.3, -0.25) is 9.59 Å². The number of halogens is 4. The number of ketones is 1. The lowest BCUT2D eigenvalue weighted by atomic mass is 9.90. The van der Waals surface area contributed by atoms with E-state index in [1.54, 1.807) is 12.1 Å². The molecule has 9 heteroatoms. The van der Waals surface area contributed by atoms with E-state index in [1.807, 2.05) is 0 Å². The van der Waals surface area contributed by atoms with Crippen molar-refractivity contribution in [1.82, 2.24) is 5.32 Å². The highest BCUT2D eigenvalue weighted by atomic mass is 35.5. The summed E-state index contributed by atoms with van der Waals surface area (Å²) in [4.78, 5) is 36.2. The molecule has 0 saturated carbocycles. The van der Waals surface area contributed by atoms with Gasteiger partial charge in [0.1, 0.15) is 0 Å². The zero-order valence-electron chi connectivity index (χ0n) is 16.1. The summed E-state index contributed by atoms with van der Waals surface area (Å²) in [5, 5.41) is 11.1. The van der Waals surface area contributed by atoms with Crippen molar-refractivity contribution in [2.45, 2.75) is 31.9 Å². The van der Waals surface area contributed by atoms with Gasteiger partial charge in [0.15, 0.2) is 5.78 Å². The van der Waals surface area contributed by atoms with Gasteiger partial charge >= 0.3 is 12.1 Å². The molecular weight excluding hydrogens is 435 g/mol. The number of carboxylic acids is 1. The molecule has 1 aliphatic carbocycles. The van der Waals surface area contributed by atoms with Crippen molar-refractivity contribution < 1.29 is 32.7 Å². The zero-order valence-corrected chi connectivity index (χ0v) is 16.8. The van der Waals surface area contributed by atoms with Crippen LogP contribution in [-0.4, -0.2) is 22.8 Å². The second-order valence-electron chi connectivity index (χ2n) is 7.03. The third kappa shape index (κ3) is 5.14. The van der Waals surface area contributed by atoms with Gasteiger partial charge in [0.25, 0.3) is 5.91 Å². The molecule has 2 N–H and O–H groups in total. The van der Waals surface area contributed by atoms with Crippen LogP contribution in [0.2, 0.25) is 5.02 Å². The summed E-state index contributed by atoms with van der Waals surface area (Å²) in [6.07, 6.45) is -3.65. The van der Waals surface area contributed by atoms with Crippen LogP contribution < -0.4 is 5.32 Å². The van der Waals surface area contributed by atoms with Crippen molar-refractivity contribution in [3.8, 4) is 0 Å². The number of alkyl halides is 3. The molecule has 2 aromatic carbocycles. The molecule has 3 rings (SSSR count). The number of carbonyl (C=O) groups is 3. The number of benzene rings is 2. The quantitative estimate of drug-likeness (QED) is 0.667. The lowest BCUT2D eigenvalue weighted by Crippen LogP contribution is -2.30. The van der Waals surface area contributed by atoms with E-state index >= 15 is 0 Å². The first-order valence-corrected chi connectivity index (χ1v) is 9.70. The summed E-state index contributed by atoms with van der Waals surface area (Å²) in [7, 11) is 0. The first-order valence-electron chi connectivity index (χ1n) is 9.32. The van der Waals surface area contributed by atoms with E-state index in [-0.39, 0.29) is 40.5 Å². The van der Waals surface area contributed by atoms with Gasteiger partial charge in [-0.1, -0.05) is 29.8 Å². The molecule has 1 aliphatic rings. The number of aromatic carboxylic acids is 1. The molecule has 0 heterocycles. The van der Waals surface area contributed by atoms with Crippen LogP contribution in [0.3, 0.4) is 0 Å². The van der Waals surface area contributed by atoms with E-state index in [4.69, 9.17) is 16.7 Å². The van der Waals surface area contributed by atoms with Gasteiger partial charge in [0.2, 0.25) is 0 Å². The summed E-state index contributed by atoms with van der Waals surface area (Å²) < 4.78 is 40.0. The molecule has 5 nitrogen and oxygen atoms in total. The molecule has 31 heavy (non-hydrogen) atoms. The number of rotatable bonds is 5. The van der Waals surface area contributed by atoms with Crippen LogP contribution in [0, 0.1) is 0 Å². The average Bonchev–Trinajstić information content (AvgIpc) is 2.70. The number of Topliss-reactive ketones (excluding diaryl/α,β-unsaturated/α-hetero) is 1. The highest BCUT2D eigenvalue weighted by Crippen LogP contribution is 2.35. The fourth-order valence-corrected chi connectivity index (χ4v) is 3.66. The molecule has 162 valence electrons. The minimum absolute atomic E-state index is 0.0830. The lowest BCUT2D eigenvalue weighted by molar-refractivity contribution is -0.138. The van der Waals surface area contributed by atoms with Crippen LogP contribution in [0.4, 0.5) is 13.2 Å². The normalized spacial score (nSPS) is 14.5. The molecule has 0 saturated heterocycles. The number of allylic oxidation sites excluding steroid dienone is 2. The predicted octanol–water partition coefficient (Wildman–Crippen LogP) is 5.04. The molecule has 0 fully saturated rings. The molecule has 0 spiro atoms. The second kappa shape index (κ2) is 8.93. The number of carbonyl (C=O) groups excluding carboxylic acids is 2. The van der Waals surface area contributed by atoms with Crippen molar-refractivity contribution in [3.63, 3.8) is 0 Å². The van der Waals surface area contributed by atoms with Gasteiger partial charge in [0.05, 0.1) is 21.7 Å². The number of nitrogens with one attached hydrogen (secondary N) is 1. The summed E-state index contributed by atoms with van der Waals surface area (Å²) >= 11 is 5.89. The van der Waals surface area contributed by atoms with Gasteiger partial charge in [-0.05, 0) is 42.7 Å². The molecule has 0 aliphatic heterocycles. The Kier molecular flexibility index (Phi) is 6.50. The van der Waals surface area contributed by atoms with Crippen LogP contribution >= 0.6 is 11.6 Å². The highest BCUT2D eigenvalue weighted by Gasteiger charge is 2.36. The van der Waals surface area contributed by atoms with Crippen molar-refractivity contribution in [2.24, 2.45) is 0 Å². The van der Waals surface area contributed by atoms with Gasteiger partial charge < -0.3 is 10.4 Å². The van der Waals surface area contributed by atoms with Crippen LogP contribution in [-0.2, 0) is 17.4 Å². The Morgan fingerprint density at radius 3 is 2.35 bits per heavy atom. The molecule has 0 aromatic heterocycles. The summed E-state index contributed by atoms with van der Waals surface area (Å²) in [6, 6.07) is 8.95. The Labute approximate surface area is 180 Å². The maximum Gasteiger partial charge on any atom is 0.417 e. The highest BCUT2D eigenvalue weighted by molar-refractivity contribution is 6.34. The van der Waals surface area contributed by atoms with Gasteiger partial charge in [-0.2, -0.15) is 13.2 Å². The minimum atomic E-state index is -4.77. The lowest BCUT2D eigenvalue weighted by Gasteiger charge is -2.21. The predicted molar refractivity (Wildman–Crippen MR) is 107 cm³/mol. The molecule has 0 atom stereocenters. The molecule has 1 amide bonds. The van der Waals surface area contributed by atoms with Crippen molar-refractivity contribution in [1.29, 1.82) is 0 Å². The smallest absolute Gasteiger partial charge is 0.417 e. The van der Waals surface area contributed by atoms with Crippen LogP contribution in [0.1, 0.15) is 51.1 Å². The van der Waals surface area contributed by atoms with E-state index < -0.39 is 29.2 Å². The molecule has 0 bridgehead atoms. The van der Waals surface area contributed by atoms with E-state index in [1.165, 1.54) is 18.2 Å². The topological polar surface area (TPSA) is 83.5 Å². The molecule has 0 unspecified atom stereocenters.